The number of hydrogen-bond acceptors (Lipinski definition) is 5. The molecule has 0 amide bonds. The van der Waals surface area contributed by atoms with Gasteiger partial charge in [-0.3, -0.25) is 0 Å². The minimum absolute atomic E-state index is 0.591. The Balaban J connectivity index is 1.84. The van der Waals surface area contributed by atoms with Crippen LogP contribution in [0.5, 0.6) is 0 Å². The third kappa shape index (κ3) is 3.13. The van der Waals surface area contributed by atoms with E-state index in [1.54, 1.807) is 18.3 Å². The van der Waals surface area contributed by atoms with Gasteiger partial charge in [0.1, 0.15) is 0 Å². The van der Waals surface area contributed by atoms with Gasteiger partial charge in [0.25, 0.3) is 0 Å². The SMILES string of the molecule is Cc1noc(CNCc2cc(Br)c(Br)s2)n1. The van der Waals surface area contributed by atoms with Crippen LogP contribution in [-0.2, 0) is 13.1 Å². The molecule has 0 saturated heterocycles. The fourth-order valence-corrected chi connectivity index (χ4v) is 3.33. The standard InChI is InChI=1S/C9H9Br2N3OS/c1-5-13-8(15-14-5)4-12-3-6-2-7(10)9(11)16-6/h2,12H,3-4H2,1H3. The Hall–Kier alpha value is -0.240. The molecule has 4 nitrogen and oxygen atoms in total. The second-order valence-electron chi connectivity index (χ2n) is 3.17. The van der Waals surface area contributed by atoms with Gasteiger partial charge in [0, 0.05) is 15.9 Å². The van der Waals surface area contributed by atoms with Crippen LogP contribution in [0.25, 0.3) is 0 Å². The monoisotopic (exact) mass is 365 g/mol. The van der Waals surface area contributed by atoms with Gasteiger partial charge in [-0.05, 0) is 44.8 Å². The average Bonchev–Trinajstić information content (AvgIpc) is 2.75. The van der Waals surface area contributed by atoms with Crippen LogP contribution in [0.3, 0.4) is 0 Å². The van der Waals surface area contributed by atoms with Crippen LogP contribution in [0.1, 0.15) is 16.6 Å². The highest BCUT2D eigenvalue weighted by Gasteiger charge is 2.05. The van der Waals surface area contributed by atoms with E-state index in [2.05, 4.69) is 53.4 Å². The van der Waals surface area contributed by atoms with Gasteiger partial charge >= 0.3 is 0 Å². The Morgan fingerprint density at radius 3 is 2.81 bits per heavy atom. The van der Waals surface area contributed by atoms with Gasteiger partial charge in [-0.25, -0.2) is 0 Å². The first-order valence-corrected chi connectivity index (χ1v) is 6.99. The van der Waals surface area contributed by atoms with Gasteiger partial charge in [0.2, 0.25) is 5.89 Å². The predicted octanol–water partition coefficient (Wildman–Crippen LogP) is 3.25. The van der Waals surface area contributed by atoms with E-state index in [-0.39, 0.29) is 0 Å². The fourth-order valence-electron chi connectivity index (χ4n) is 1.18. The molecule has 1 N–H and O–H groups in total. The summed E-state index contributed by atoms with van der Waals surface area (Å²) < 4.78 is 7.19. The third-order valence-electron chi connectivity index (χ3n) is 1.84. The molecule has 0 radical (unpaired) electrons. The van der Waals surface area contributed by atoms with Crippen molar-refractivity contribution in [3.8, 4) is 0 Å². The largest absolute Gasteiger partial charge is 0.338 e. The highest BCUT2D eigenvalue weighted by atomic mass is 79.9. The Morgan fingerprint density at radius 1 is 1.44 bits per heavy atom. The van der Waals surface area contributed by atoms with E-state index >= 15 is 0 Å². The van der Waals surface area contributed by atoms with Crippen LogP contribution in [0, 0.1) is 6.92 Å². The molecule has 16 heavy (non-hydrogen) atoms. The molecule has 2 heterocycles. The molecule has 0 aliphatic heterocycles. The first kappa shape index (κ1) is 12.2. The van der Waals surface area contributed by atoms with Crippen LogP contribution in [0.15, 0.2) is 18.8 Å². The van der Waals surface area contributed by atoms with E-state index < -0.39 is 0 Å². The summed E-state index contributed by atoms with van der Waals surface area (Å²) in [5.74, 6) is 1.28. The quantitative estimate of drug-likeness (QED) is 0.902. The Kier molecular flexibility index (Phi) is 4.12. The van der Waals surface area contributed by atoms with Crippen molar-refractivity contribution in [2.75, 3.05) is 0 Å². The molecule has 2 rings (SSSR count). The highest BCUT2D eigenvalue weighted by molar-refractivity contribution is 9.13. The van der Waals surface area contributed by atoms with Crippen LogP contribution < -0.4 is 5.32 Å². The number of halogens is 2. The highest BCUT2D eigenvalue weighted by Crippen LogP contribution is 2.32. The van der Waals surface area contributed by atoms with Gasteiger partial charge in [-0.1, -0.05) is 5.16 Å². The first-order valence-electron chi connectivity index (χ1n) is 4.59. The summed E-state index contributed by atoms with van der Waals surface area (Å²) in [6.07, 6.45) is 0. The van der Waals surface area contributed by atoms with E-state index in [1.807, 2.05) is 0 Å². The summed E-state index contributed by atoms with van der Waals surface area (Å²) >= 11 is 8.61. The van der Waals surface area contributed by atoms with E-state index in [0.29, 0.717) is 18.3 Å². The second kappa shape index (κ2) is 5.39. The van der Waals surface area contributed by atoms with Gasteiger partial charge in [0.05, 0.1) is 10.3 Å². The fraction of sp³-hybridized carbons (Fsp3) is 0.333. The van der Waals surface area contributed by atoms with E-state index in [1.165, 1.54) is 4.88 Å². The molecule has 0 saturated carbocycles. The molecule has 7 heteroatoms. The zero-order valence-corrected chi connectivity index (χ0v) is 12.4. The van der Waals surface area contributed by atoms with Crippen molar-refractivity contribution in [1.82, 2.24) is 15.5 Å². The first-order chi connectivity index (χ1) is 7.65. The normalized spacial score (nSPS) is 10.9. The van der Waals surface area contributed by atoms with E-state index in [4.69, 9.17) is 4.52 Å². The van der Waals surface area contributed by atoms with Gasteiger partial charge in [0.15, 0.2) is 5.82 Å². The van der Waals surface area contributed by atoms with Crippen molar-refractivity contribution in [3.63, 3.8) is 0 Å². The van der Waals surface area contributed by atoms with Gasteiger partial charge < -0.3 is 9.84 Å². The lowest BCUT2D eigenvalue weighted by Gasteiger charge is -1.97. The maximum absolute atomic E-state index is 4.99. The van der Waals surface area contributed by atoms with Crippen molar-refractivity contribution in [2.24, 2.45) is 0 Å². The molecule has 0 aliphatic carbocycles. The second-order valence-corrected chi connectivity index (χ2v) is 6.48. The van der Waals surface area contributed by atoms with E-state index in [0.717, 1.165) is 14.8 Å². The van der Waals surface area contributed by atoms with E-state index in [9.17, 15) is 0 Å². The molecule has 0 fully saturated rings. The van der Waals surface area contributed by atoms with Crippen LogP contribution >= 0.6 is 43.2 Å². The number of hydrogen-bond donors (Lipinski definition) is 1. The number of nitrogens with zero attached hydrogens (tertiary/aromatic N) is 2. The molecule has 0 aliphatic rings. The summed E-state index contributed by atoms with van der Waals surface area (Å²) in [6, 6.07) is 2.08. The molecule has 0 unspecified atom stereocenters. The summed E-state index contributed by atoms with van der Waals surface area (Å²) in [7, 11) is 0. The maximum atomic E-state index is 4.99. The number of aryl methyl sites for hydroxylation is 1. The Labute approximate surface area is 114 Å². The topological polar surface area (TPSA) is 51.0 Å². The lowest BCUT2D eigenvalue weighted by atomic mass is 10.4. The summed E-state index contributed by atoms with van der Waals surface area (Å²) in [6.45, 7) is 3.19. The number of thiophene rings is 1. The predicted molar refractivity (Wildman–Crippen MR) is 69.3 cm³/mol. The van der Waals surface area contributed by atoms with Gasteiger partial charge in [-0.2, -0.15) is 4.98 Å². The summed E-state index contributed by atoms with van der Waals surface area (Å²) in [5.41, 5.74) is 0. The molecule has 0 bridgehead atoms. The molecule has 2 aromatic heterocycles. The Bertz CT molecular complexity index is 463. The van der Waals surface area contributed by atoms with Crippen LogP contribution in [-0.4, -0.2) is 10.1 Å². The number of aromatic nitrogens is 2. The zero-order valence-electron chi connectivity index (χ0n) is 8.46. The smallest absolute Gasteiger partial charge is 0.240 e. The lowest BCUT2D eigenvalue weighted by molar-refractivity contribution is 0.364. The van der Waals surface area contributed by atoms with Crippen molar-refractivity contribution >= 4 is 43.2 Å². The number of nitrogens with one attached hydrogen (secondary N) is 1. The van der Waals surface area contributed by atoms with Crippen LogP contribution in [0.2, 0.25) is 0 Å². The van der Waals surface area contributed by atoms with Crippen LogP contribution in [0.4, 0.5) is 0 Å². The lowest BCUT2D eigenvalue weighted by Crippen LogP contribution is -2.11. The summed E-state index contributed by atoms with van der Waals surface area (Å²) in [5, 5.41) is 6.97. The maximum Gasteiger partial charge on any atom is 0.240 e. The molecule has 0 atom stereocenters. The molecular formula is C9H9Br2N3OS. The van der Waals surface area contributed by atoms with Gasteiger partial charge in [-0.15, -0.1) is 11.3 Å². The molecule has 86 valence electrons. The minimum atomic E-state index is 0.591. The average molecular weight is 367 g/mol. The summed E-state index contributed by atoms with van der Waals surface area (Å²) in [4.78, 5) is 5.35. The number of rotatable bonds is 4. The Morgan fingerprint density at radius 2 is 2.25 bits per heavy atom. The molecular weight excluding hydrogens is 358 g/mol. The zero-order chi connectivity index (χ0) is 11.5. The van der Waals surface area contributed by atoms with Crippen molar-refractivity contribution in [2.45, 2.75) is 20.0 Å². The third-order valence-corrected chi connectivity index (χ3v) is 5.10. The molecule has 0 spiro atoms. The van der Waals surface area contributed by atoms with Crippen molar-refractivity contribution in [3.05, 3.63) is 30.9 Å². The molecule has 0 aromatic carbocycles. The van der Waals surface area contributed by atoms with Crippen molar-refractivity contribution < 1.29 is 4.52 Å². The molecule has 2 aromatic rings. The minimum Gasteiger partial charge on any atom is -0.338 e. The van der Waals surface area contributed by atoms with Crippen molar-refractivity contribution in [1.29, 1.82) is 0 Å².